The van der Waals surface area contributed by atoms with Gasteiger partial charge in [-0.05, 0) is 166 Å². The predicted octanol–water partition coefficient (Wildman–Crippen LogP) is 15.1. The van der Waals surface area contributed by atoms with E-state index in [1.165, 1.54) is 33.4 Å². The summed E-state index contributed by atoms with van der Waals surface area (Å²) in [6.45, 7) is 17.7. The third kappa shape index (κ3) is 6.95. The summed E-state index contributed by atoms with van der Waals surface area (Å²) >= 11 is 0. The van der Waals surface area contributed by atoms with E-state index in [0.717, 1.165) is 151 Å². The van der Waals surface area contributed by atoms with Gasteiger partial charge in [0.15, 0.2) is 0 Å². The van der Waals surface area contributed by atoms with Crippen molar-refractivity contribution in [2.45, 2.75) is 107 Å². The lowest BCUT2D eigenvalue weighted by Crippen LogP contribution is -1.95. The molecule has 4 N–H and O–H groups in total. The van der Waals surface area contributed by atoms with Crippen LogP contribution in [0.4, 0.5) is 0 Å². The number of allylic oxidation sites excluding steroid dienone is 4. The molecule has 338 valence electrons. The highest BCUT2D eigenvalue weighted by molar-refractivity contribution is 6.12. The number of hydrogen-bond acceptors (Lipinski definition) is 6. The zero-order valence-corrected chi connectivity index (χ0v) is 40.2. The van der Waals surface area contributed by atoms with Crippen molar-refractivity contribution in [1.29, 1.82) is 0 Å². The summed E-state index contributed by atoms with van der Waals surface area (Å²) in [5.41, 5.74) is 20.1. The molecule has 2 aliphatic heterocycles. The minimum absolute atomic E-state index is 0.185. The Kier molecular flexibility index (Phi) is 12.0. The van der Waals surface area contributed by atoms with Gasteiger partial charge in [0, 0.05) is 33.3 Å². The van der Waals surface area contributed by atoms with Crippen molar-refractivity contribution in [1.82, 2.24) is 19.9 Å². The van der Waals surface area contributed by atoms with E-state index in [1.807, 2.05) is 48.5 Å². The largest absolute Gasteiger partial charge is 0.507 e. The maximum Gasteiger partial charge on any atom is 0.124 e. The van der Waals surface area contributed by atoms with Crippen molar-refractivity contribution in [3.8, 4) is 45.3 Å². The van der Waals surface area contributed by atoms with Gasteiger partial charge in [0.1, 0.15) is 23.0 Å². The second-order valence-corrected chi connectivity index (χ2v) is 17.3. The first-order valence-electron chi connectivity index (χ1n) is 24.0. The monoisotopic (exact) mass is 878 g/mol. The second-order valence-electron chi connectivity index (χ2n) is 17.3. The molecule has 0 unspecified atom stereocenters. The number of phenolic OH excluding ortho intramolecular Hbond substituents is 2. The fourth-order valence-corrected chi connectivity index (χ4v) is 11.1. The zero-order valence-electron chi connectivity index (χ0n) is 40.2. The average molecular weight is 879 g/mol. The van der Waals surface area contributed by atoms with E-state index >= 15 is 0 Å². The standard InChI is InChI=1S/C58H62N4O4/c1-11-35-39(15-5)55-53(51-43-27-33(65-9)23-19-31(43)21-25-49(51)63)56-41(17-7)37(13-3)47(61-56)30-48-38(14-4)42(18-8)58(62-48)54(52-44-28-34(66-10)24-20-32(44)22-26-50(52)64)57-40(16-6)36(12-2)46(60-57)29-45(35)59-55/h19-30,59,62-64H,11-18H2,1-10H3. The summed E-state index contributed by atoms with van der Waals surface area (Å²) in [5.74, 6) is 1.80. The number of fused-ring (bicyclic) bond motifs is 10. The quantitative estimate of drug-likeness (QED) is 0.0971. The van der Waals surface area contributed by atoms with Gasteiger partial charge in [-0.25, -0.2) is 9.97 Å². The SMILES string of the molecule is CCC1=C(CC)c2nc1cc1[nH]c(c(CC)c1CC)c(-c1c(O)ccc3ccc(OC)cc13)c1nc(cc3[nH]c(c(CC)c3CC)c2-c2c(O)ccc3ccc(OC)cc23)C(CC)=C1CC. The highest BCUT2D eigenvalue weighted by Gasteiger charge is 2.30. The molecule has 8 heteroatoms. The molecule has 0 saturated heterocycles. The minimum Gasteiger partial charge on any atom is -0.507 e. The fourth-order valence-electron chi connectivity index (χ4n) is 11.1. The lowest BCUT2D eigenvalue weighted by molar-refractivity contribution is 0.415. The molecule has 0 spiro atoms. The van der Waals surface area contributed by atoms with Crippen molar-refractivity contribution < 1.29 is 19.7 Å². The molecule has 5 heterocycles. The number of aromatic hydroxyl groups is 2. The summed E-state index contributed by atoms with van der Waals surface area (Å²) < 4.78 is 11.6. The van der Waals surface area contributed by atoms with Crippen molar-refractivity contribution in [2.75, 3.05) is 14.2 Å². The van der Waals surface area contributed by atoms with Crippen LogP contribution in [0.25, 0.3) is 88.2 Å². The lowest BCUT2D eigenvalue weighted by Gasteiger charge is -2.15. The van der Waals surface area contributed by atoms with E-state index in [2.05, 4.69) is 89.6 Å². The van der Waals surface area contributed by atoms with Crippen LogP contribution in [0.2, 0.25) is 0 Å². The number of H-pyrrole nitrogens is 2. The van der Waals surface area contributed by atoms with Crippen molar-refractivity contribution >= 4 is 65.9 Å². The number of rotatable bonds is 12. The number of phenols is 2. The van der Waals surface area contributed by atoms with Gasteiger partial charge in [-0.2, -0.15) is 0 Å². The summed E-state index contributed by atoms with van der Waals surface area (Å²) in [6.07, 6.45) is 6.12. The third-order valence-corrected chi connectivity index (χ3v) is 14.2. The van der Waals surface area contributed by atoms with E-state index in [1.54, 1.807) is 14.2 Å². The van der Waals surface area contributed by atoms with Crippen LogP contribution in [-0.2, 0) is 25.7 Å². The number of benzene rings is 4. The zero-order chi connectivity index (χ0) is 46.6. The summed E-state index contributed by atoms with van der Waals surface area (Å²) in [7, 11) is 3.37. The Bertz CT molecular complexity index is 3120. The molecule has 66 heavy (non-hydrogen) atoms. The van der Waals surface area contributed by atoms with Crippen molar-refractivity contribution in [2.24, 2.45) is 0 Å². The maximum absolute atomic E-state index is 12.2. The molecule has 2 aliphatic rings. The van der Waals surface area contributed by atoms with E-state index < -0.39 is 0 Å². The predicted molar refractivity (Wildman–Crippen MR) is 276 cm³/mol. The van der Waals surface area contributed by atoms with E-state index in [0.29, 0.717) is 11.5 Å². The number of hydrogen-bond donors (Lipinski definition) is 4. The Hall–Kier alpha value is -6.80. The summed E-state index contributed by atoms with van der Waals surface area (Å²) in [4.78, 5) is 19.5. The van der Waals surface area contributed by atoms with Crippen LogP contribution in [-0.4, -0.2) is 44.4 Å². The molecule has 0 amide bonds. The fraction of sp³-hybridized carbons (Fsp3) is 0.310. The van der Waals surface area contributed by atoms with Gasteiger partial charge in [-0.3, -0.25) is 0 Å². The first-order chi connectivity index (χ1) is 32.1. The highest BCUT2D eigenvalue weighted by atomic mass is 16.5. The number of methoxy groups -OCH3 is 2. The van der Waals surface area contributed by atoms with Gasteiger partial charge in [-0.1, -0.05) is 79.7 Å². The number of aromatic amines is 2. The van der Waals surface area contributed by atoms with Crippen LogP contribution >= 0.6 is 0 Å². The molecule has 0 saturated carbocycles. The lowest BCUT2D eigenvalue weighted by atomic mass is 9.89. The van der Waals surface area contributed by atoms with Crippen molar-refractivity contribution in [3.05, 3.63) is 118 Å². The molecule has 7 aromatic rings. The van der Waals surface area contributed by atoms with E-state index in [-0.39, 0.29) is 11.5 Å². The van der Waals surface area contributed by atoms with Crippen LogP contribution < -0.4 is 9.47 Å². The minimum atomic E-state index is 0.185. The Morgan fingerprint density at radius 3 is 1.12 bits per heavy atom. The van der Waals surface area contributed by atoms with Gasteiger partial charge in [-0.15, -0.1) is 0 Å². The Balaban J connectivity index is 1.60. The van der Waals surface area contributed by atoms with Crippen LogP contribution in [0.5, 0.6) is 23.0 Å². The summed E-state index contributed by atoms with van der Waals surface area (Å²) in [6, 6.07) is 24.2. The molecule has 8 nitrogen and oxygen atoms in total. The number of ether oxygens (including phenoxy) is 2. The normalized spacial score (nSPS) is 12.9. The van der Waals surface area contributed by atoms with Gasteiger partial charge >= 0.3 is 0 Å². The molecule has 9 rings (SSSR count). The molecule has 0 radical (unpaired) electrons. The molecule has 0 atom stereocenters. The number of aromatic nitrogens is 4. The van der Waals surface area contributed by atoms with Crippen LogP contribution in [0.3, 0.4) is 0 Å². The average Bonchev–Trinajstić information content (AvgIpc) is 4.09. The topological polar surface area (TPSA) is 116 Å². The first kappa shape index (κ1) is 44.4. The second kappa shape index (κ2) is 17.9. The number of aryl methyl sites for hydroxylation is 4. The maximum atomic E-state index is 12.2. The van der Waals surface area contributed by atoms with Crippen LogP contribution in [0, 0.1) is 0 Å². The van der Waals surface area contributed by atoms with Gasteiger partial charge in [0.2, 0.25) is 0 Å². The van der Waals surface area contributed by atoms with E-state index in [4.69, 9.17) is 19.4 Å². The molecule has 0 aliphatic carbocycles. The summed E-state index contributed by atoms with van der Waals surface area (Å²) in [5, 5.41) is 28.2. The molecule has 8 bridgehead atoms. The van der Waals surface area contributed by atoms with E-state index in [9.17, 15) is 10.2 Å². The first-order valence-corrected chi connectivity index (χ1v) is 24.0. The van der Waals surface area contributed by atoms with Crippen molar-refractivity contribution in [3.63, 3.8) is 0 Å². The molecule has 4 aromatic carbocycles. The molecule has 0 fully saturated rings. The highest BCUT2D eigenvalue weighted by Crippen LogP contribution is 2.50. The Labute approximate surface area is 388 Å². The Morgan fingerprint density at radius 2 is 0.788 bits per heavy atom. The third-order valence-electron chi connectivity index (χ3n) is 14.2. The van der Waals surface area contributed by atoms with Gasteiger partial charge in [0.25, 0.3) is 0 Å². The van der Waals surface area contributed by atoms with Crippen LogP contribution in [0.1, 0.15) is 126 Å². The molecular weight excluding hydrogens is 817 g/mol. The number of nitrogens with one attached hydrogen (secondary N) is 2. The van der Waals surface area contributed by atoms with Gasteiger partial charge < -0.3 is 29.7 Å². The number of nitrogens with zero attached hydrogens (tertiary/aromatic N) is 2. The van der Waals surface area contributed by atoms with Gasteiger partial charge in [0.05, 0.1) is 48.0 Å². The van der Waals surface area contributed by atoms with Crippen LogP contribution in [0.15, 0.2) is 72.8 Å². The molecular formula is C58H62N4O4. The Morgan fingerprint density at radius 1 is 0.424 bits per heavy atom. The smallest absolute Gasteiger partial charge is 0.124 e. The molecule has 3 aromatic heterocycles.